The molecule has 0 aliphatic rings. The van der Waals surface area contributed by atoms with Gasteiger partial charge in [0, 0.05) is 0 Å². The van der Waals surface area contributed by atoms with Crippen molar-refractivity contribution < 1.29 is 22.0 Å². The van der Waals surface area contributed by atoms with E-state index in [4.69, 9.17) is 0 Å². The Morgan fingerprint density at radius 3 is 1.57 bits per heavy atom. The fourth-order valence-electron chi connectivity index (χ4n) is 3.00. The lowest BCUT2D eigenvalue weighted by Gasteiger charge is -2.11. The minimum atomic E-state index is -5.08. The highest BCUT2D eigenvalue weighted by Crippen LogP contribution is 2.36. The van der Waals surface area contributed by atoms with Crippen LogP contribution in [0.3, 0.4) is 0 Å². The minimum absolute atomic E-state index is 0.0503. The lowest BCUT2D eigenvalue weighted by atomic mass is 9.98. The maximum absolute atomic E-state index is 13.8. The molecule has 28 heavy (non-hydrogen) atoms. The van der Waals surface area contributed by atoms with E-state index in [1.807, 2.05) is 30.3 Å². The average molecular weight is 388 g/mol. The van der Waals surface area contributed by atoms with Crippen LogP contribution in [0.2, 0.25) is 0 Å². The predicted molar refractivity (Wildman–Crippen MR) is 101 cm³/mol. The molecule has 3 rings (SSSR count). The molecule has 3 aromatic carbocycles. The molecular formula is C23H17F5. The van der Waals surface area contributed by atoms with Crippen LogP contribution in [-0.2, 0) is 12.6 Å². The van der Waals surface area contributed by atoms with Gasteiger partial charge in [-0.05, 0) is 52.8 Å². The van der Waals surface area contributed by atoms with Crippen molar-refractivity contribution in [2.24, 2.45) is 0 Å². The fourth-order valence-corrected chi connectivity index (χ4v) is 3.00. The van der Waals surface area contributed by atoms with E-state index in [-0.39, 0.29) is 5.56 Å². The van der Waals surface area contributed by atoms with Gasteiger partial charge in [0.25, 0.3) is 0 Å². The van der Waals surface area contributed by atoms with Crippen molar-refractivity contribution in [3.63, 3.8) is 0 Å². The first kappa shape index (κ1) is 19.8. The molecule has 0 atom stereocenters. The highest BCUT2D eigenvalue weighted by atomic mass is 19.4. The summed E-state index contributed by atoms with van der Waals surface area (Å²) in [6.45, 7) is 3.70. The Kier molecular flexibility index (Phi) is 5.63. The summed E-state index contributed by atoms with van der Waals surface area (Å²) in [5, 5.41) is 0. The number of allylic oxidation sites excluding steroid dienone is 1. The SMILES string of the molecule is C=CCCc1ccc(-c2ccc(-c3cc(F)c(C(F)(F)F)c(F)c3)cc2)cc1. The molecule has 0 bridgehead atoms. The predicted octanol–water partition coefficient (Wildman–Crippen LogP) is 7.44. The van der Waals surface area contributed by atoms with E-state index < -0.39 is 23.4 Å². The number of hydrogen-bond donors (Lipinski definition) is 0. The zero-order chi connectivity index (χ0) is 20.3. The van der Waals surface area contributed by atoms with Gasteiger partial charge in [-0.15, -0.1) is 6.58 Å². The summed E-state index contributed by atoms with van der Waals surface area (Å²) in [7, 11) is 0. The number of halogens is 5. The summed E-state index contributed by atoms with van der Waals surface area (Å²) in [6, 6.07) is 16.2. The molecule has 0 spiro atoms. The molecule has 5 heteroatoms. The van der Waals surface area contributed by atoms with Crippen molar-refractivity contribution in [1.29, 1.82) is 0 Å². The molecule has 3 aromatic rings. The Morgan fingerprint density at radius 1 is 0.714 bits per heavy atom. The minimum Gasteiger partial charge on any atom is -0.206 e. The van der Waals surface area contributed by atoms with Crippen molar-refractivity contribution >= 4 is 0 Å². The fraction of sp³-hybridized carbons (Fsp3) is 0.130. The Labute approximate surface area is 160 Å². The second-order valence-corrected chi connectivity index (χ2v) is 6.41. The van der Waals surface area contributed by atoms with Gasteiger partial charge in [0.2, 0.25) is 0 Å². The van der Waals surface area contributed by atoms with Crippen LogP contribution in [0.4, 0.5) is 22.0 Å². The van der Waals surface area contributed by atoms with Gasteiger partial charge in [-0.2, -0.15) is 13.2 Å². The molecule has 0 amide bonds. The zero-order valence-electron chi connectivity index (χ0n) is 14.9. The third-order valence-corrected chi connectivity index (χ3v) is 4.47. The number of alkyl halides is 3. The molecule has 0 saturated carbocycles. The van der Waals surface area contributed by atoms with E-state index in [2.05, 4.69) is 6.58 Å². The van der Waals surface area contributed by atoms with E-state index in [1.54, 1.807) is 24.3 Å². The van der Waals surface area contributed by atoms with Gasteiger partial charge < -0.3 is 0 Å². The van der Waals surface area contributed by atoms with Crippen LogP contribution in [0.15, 0.2) is 73.3 Å². The van der Waals surface area contributed by atoms with E-state index >= 15 is 0 Å². The summed E-state index contributed by atoms with van der Waals surface area (Å²) in [6.07, 6.45) is -1.41. The van der Waals surface area contributed by atoms with E-state index in [1.165, 1.54) is 5.56 Å². The van der Waals surface area contributed by atoms with Crippen LogP contribution >= 0.6 is 0 Å². The monoisotopic (exact) mass is 388 g/mol. The summed E-state index contributed by atoms with van der Waals surface area (Å²) < 4.78 is 65.7. The molecule has 0 fully saturated rings. The van der Waals surface area contributed by atoms with E-state index in [0.717, 1.165) is 24.0 Å². The number of benzene rings is 3. The van der Waals surface area contributed by atoms with Gasteiger partial charge >= 0.3 is 6.18 Å². The second kappa shape index (κ2) is 7.97. The van der Waals surface area contributed by atoms with Crippen molar-refractivity contribution in [2.45, 2.75) is 19.0 Å². The molecule has 144 valence electrons. The van der Waals surface area contributed by atoms with Gasteiger partial charge in [-0.25, -0.2) is 8.78 Å². The molecule has 0 aliphatic carbocycles. The second-order valence-electron chi connectivity index (χ2n) is 6.41. The molecule has 0 saturated heterocycles. The molecular weight excluding hydrogens is 371 g/mol. The number of rotatable bonds is 5. The highest BCUT2D eigenvalue weighted by Gasteiger charge is 2.37. The summed E-state index contributed by atoms with van der Waals surface area (Å²) in [5.74, 6) is -3.25. The zero-order valence-corrected chi connectivity index (χ0v) is 14.9. The van der Waals surface area contributed by atoms with Crippen LogP contribution in [0.1, 0.15) is 17.5 Å². The summed E-state index contributed by atoms with van der Waals surface area (Å²) >= 11 is 0. The molecule has 0 aromatic heterocycles. The van der Waals surface area contributed by atoms with Crippen molar-refractivity contribution in [1.82, 2.24) is 0 Å². The molecule has 0 radical (unpaired) electrons. The van der Waals surface area contributed by atoms with Gasteiger partial charge in [0.1, 0.15) is 17.2 Å². The maximum atomic E-state index is 13.8. The maximum Gasteiger partial charge on any atom is 0.422 e. The first-order valence-electron chi connectivity index (χ1n) is 8.66. The van der Waals surface area contributed by atoms with Gasteiger partial charge in [0.05, 0.1) is 0 Å². The van der Waals surface area contributed by atoms with Crippen LogP contribution in [0.25, 0.3) is 22.3 Å². The van der Waals surface area contributed by atoms with E-state index in [0.29, 0.717) is 17.7 Å². The van der Waals surface area contributed by atoms with Crippen LogP contribution < -0.4 is 0 Å². The first-order chi connectivity index (χ1) is 13.3. The van der Waals surface area contributed by atoms with Crippen LogP contribution in [0.5, 0.6) is 0 Å². The Hall–Kier alpha value is -2.95. The van der Waals surface area contributed by atoms with Crippen molar-refractivity contribution in [2.75, 3.05) is 0 Å². The summed E-state index contributed by atoms with van der Waals surface area (Å²) in [4.78, 5) is 0. The largest absolute Gasteiger partial charge is 0.422 e. The van der Waals surface area contributed by atoms with Crippen LogP contribution in [-0.4, -0.2) is 0 Å². The lowest BCUT2D eigenvalue weighted by Crippen LogP contribution is -2.11. The smallest absolute Gasteiger partial charge is 0.206 e. The van der Waals surface area contributed by atoms with Crippen molar-refractivity contribution in [3.8, 4) is 22.3 Å². The molecule has 0 N–H and O–H groups in total. The van der Waals surface area contributed by atoms with E-state index in [9.17, 15) is 22.0 Å². The lowest BCUT2D eigenvalue weighted by molar-refractivity contribution is -0.142. The Balaban J connectivity index is 1.86. The average Bonchev–Trinajstić information content (AvgIpc) is 2.65. The first-order valence-corrected chi connectivity index (χ1v) is 8.66. The van der Waals surface area contributed by atoms with Crippen molar-refractivity contribution in [3.05, 3.63) is 96.1 Å². The molecule has 0 unspecified atom stereocenters. The number of aryl methyl sites for hydroxylation is 1. The Morgan fingerprint density at radius 2 is 1.14 bits per heavy atom. The van der Waals surface area contributed by atoms with Gasteiger partial charge in [0.15, 0.2) is 0 Å². The quantitative estimate of drug-likeness (QED) is 0.315. The molecule has 0 aliphatic heterocycles. The number of hydrogen-bond acceptors (Lipinski definition) is 0. The summed E-state index contributed by atoms with van der Waals surface area (Å²) in [5.41, 5.74) is 1.66. The highest BCUT2D eigenvalue weighted by molar-refractivity contribution is 5.70. The standard InChI is InChI=1S/C23H17F5/c1-2-3-4-15-5-7-16(8-6-15)17-9-11-18(12-10-17)19-13-20(24)22(21(25)14-19)23(26,27)28/h2,5-14H,1,3-4H2. The molecule has 0 nitrogen and oxygen atoms in total. The van der Waals surface area contributed by atoms with Gasteiger partial charge in [-0.1, -0.05) is 54.6 Å². The van der Waals surface area contributed by atoms with Gasteiger partial charge in [-0.3, -0.25) is 0 Å². The third-order valence-electron chi connectivity index (χ3n) is 4.47. The van der Waals surface area contributed by atoms with Crippen LogP contribution in [0, 0.1) is 11.6 Å². The molecule has 0 heterocycles. The topological polar surface area (TPSA) is 0 Å². The third kappa shape index (κ3) is 4.30. The Bertz CT molecular complexity index is 944. The normalized spacial score (nSPS) is 11.5.